The maximum absolute atomic E-state index is 13.5. The van der Waals surface area contributed by atoms with Crippen molar-refractivity contribution in [1.29, 1.82) is 0 Å². The Morgan fingerprint density at radius 3 is 2.30 bits per heavy atom. The van der Waals surface area contributed by atoms with Crippen LogP contribution in [0.25, 0.3) is 0 Å². The fraction of sp³-hybridized carbons (Fsp3) is 0.375. The number of rotatable bonds is 7. The molecule has 0 spiro atoms. The van der Waals surface area contributed by atoms with E-state index in [1.165, 1.54) is 11.0 Å². The van der Waals surface area contributed by atoms with Crippen molar-refractivity contribution in [2.45, 2.75) is 32.4 Å². The van der Waals surface area contributed by atoms with Crippen LogP contribution in [-0.2, 0) is 16.1 Å². The van der Waals surface area contributed by atoms with Gasteiger partial charge in [-0.15, -0.1) is 5.10 Å². The van der Waals surface area contributed by atoms with Crippen molar-refractivity contribution in [3.8, 4) is 5.75 Å². The van der Waals surface area contributed by atoms with Crippen molar-refractivity contribution in [3.05, 3.63) is 72.1 Å². The van der Waals surface area contributed by atoms with Gasteiger partial charge in [-0.05, 0) is 34.0 Å². The van der Waals surface area contributed by atoms with Crippen molar-refractivity contribution >= 4 is 11.8 Å². The molecule has 2 amide bonds. The predicted molar refractivity (Wildman–Crippen MR) is 121 cm³/mol. The van der Waals surface area contributed by atoms with Crippen LogP contribution in [-0.4, -0.2) is 68.0 Å². The summed E-state index contributed by atoms with van der Waals surface area (Å²) in [4.78, 5) is 29.5. The van der Waals surface area contributed by atoms with Crippen molar-refractivity contribution in [2.24, 2.45) is 0 Å². The Hall–Kier alpha value is -3.75. The van der Waals surface area contributed by atoms with Gasteiger partial charge < -0.3 is 14.5 Å². The molecule has 1 aliphatic heterocycles. The first-order valence-corrected chi connectivity index (χ1v) is 11.1. The zero-order chi connectivity index (χ0) is 23.2. The van der Waals surface area contributed by atoms with Crippen LogP contribution in [0.4, 0.5) is 0 Å². The molecule has 1 saturated heterocycles. The lowest BCUT2D eigenvalue weighted by Gasteiger charge is -2.36. The highest BCUT2D eigenvalue weighted by Crippen LogP contribution is 2.27. The quantitative estimate of drug-likeness (QED) is 0.551. The predicted octanol–water partition coefficient (Wildman–Crippen LogP) is 2.29. The fourth-order valence-corrected chi connectivity index (χ4v) is 3.81. The number of hydrogen-bond acceptors (Lipinski definition) is 6. The van der Waals surface area contributed by atoms with Crippen LogP contribution in [0.1, 0.15) is 37.0 Å². The summed E-state index contributed by atoms with van der Waals surface area (Å²) >= 11 is 0. The highest BCUT2D eigenvalue weighted by atomic mass is 16.5. The highest BCUT2D eigenvalue weighted by Gasteiger charge is 2.31. The molecule has 9 heteroatoms. The molecule has 33 heavy (non-hydrogen) atoms. The van der Waals surface area contributed by atoms with E-state index in [0.29, 0.717) is 37.8 Å². The van der Waals surface area contributed by atoms with E-state index in [1.54, 1.807) is 9.80 Å². The van der Waals surface area contributed by atoms with E-state index < -0.39 is 6.10 Å². The fourth-order valence-electron chi connectivity index (χ4n) is 3.81. The summed E-state index contributed by atoms with van der Waals surface area (Å²) in [5.41, 5.74) is 1.95. The lowest BCUT2D eigenvalue weighted by molar-refractivity contribution is -0.144. The molecule has 1 fully saturated rings. The Morgan fingerprint density at radius 2 is 1.64 bits per heavy atom. The minimum atomic E-state index is -0.753. The van der Waals surface area contributed by atoms with Crippen molar-refractivity contribution in [1.82, 2.24) is 30.0 Å². The van der Waals surface area contributed by atoms with Gasteiger partial charge in [0, 0.05) is 31.7 Å². The maximum atomic E-state index is 13.5. The molecular weight excluding hydrogens is 420 g/mol. The number of benzene rings is 2. The monoisotopic (exact) mass is 448 g/mol. The van der Waals surface area contributed by atoms with Gasteiger partial charge in [0.2, 0.25) is 12.0 Å². The molecule has 1 aliphatic rings. The number of nitrogens with zero attached hydrogens (tertiary/aromatic N) is 6. The molecule has 1 aromatic heterocycles. The zero-order valence-corrected chi connectivity index (χ0v) is 18.9. The Bertz CT molecular complexity index is 1060. The number of tetrazole rings is 1. The summed E-state index contributed by atoms with van der Waals surface area (Å²) in [6, 6.07) is 17.4. The third-order valence-corrected chi connectivity index (χ3v) is 5.74. The zero-order valence-electron chi connectivity index (χ0n) is 18.9. The van der Waals surface area contributed by atoms with E-state index in [2.05, 4.69) is 35.4 Å². The minimum absolute atomic E-state index is 0.0734. The second-order valence-electron chi connectivity index (χ2n) is 8.35. The van der Waals surface area contributed by atoms with Gasteiger partial charge in [-0.1, -0.05) is 56.3 Å². The third-order valence-electron chi connectivity index (χ3n) is 5.74. The highest BCUT2D eigenvalue weighted by molar-refractivity contribution is 5.83. The Labute approximate surface area is 192 Å². The van der Waals surface area contributed by atoms with Gasteiger partial charge in [0.05, 0.1) is 0 Å². The van der Waals surface area contributed by atoms with Gasteiger partial charge in [-0.3, -0.25) is 9.59 Å². The van der Waals surface area contributed by atoms with Gasteiger partial charge in [-0.2, -0.15) is 0 Å². The number of ether oxygens (including phenoxy) is 1. The Kier molecular flexibility index (Phi) is 6.97. The molecule has 3 aromatic rings. The Balaban J connectivity index is 1.45. The van der Waals surface area contributed by atoms with Crippen LogP contribution < -0.4 is 4.74 Å². The van der Waals surface area contributed by atoms with Gasteiger partial charge >= 0.3 is 0 Å². The second kappa shape index (κ2) is 10.2. The first kappa shape index (κ1) is 22.4. The number of hydrogen-bond donors (Lipinski definition) is 0. The molecule has 9 nitrogen and oxygen atoms in total. The molecule has 0 saturated carbocycles. The van der Waals surface area contributed by atoms with E-state index in [1.807, 2.05) is 48.5 Å². The summed E-state index contributed by atoms with van der Waals surface area (Å²) in [5.74, 6) is 0.844. The molecule has 1 unspecified atom stereocenters. The van der Waals surface area contributed by atoms with Gasteiger partial charge in [0.25, 0.3) is 5.91 Å². The van der Waals surface area contributed by atoms with Gasteiger partial charge in [0.15, 0.2) is 0 Å². The average molecular weight is 449 g/mol. The largest absolute Gasteiger partial charge is 0.476 e. The van der Waals surface area contributed by atoms with Crippen molar-refractivity contribution in [2.75, 3.05) is 26.2 Å². The van der Waals surface area contributed by atoms with E-state index in [-0.39, 0.29) is 18.4 Å². The first-order valence-electron chi connectivity index (χ1n) is 11.1. The molecule has 4 rings (SSSR count). The summed E-state index contributed by atoms with van der Waals surface area (Å²) in [5, 5.41) is 10.8. The standard InChI is InChI=1S/C24H28N6O3/c1-18(2)20-9-6-10-21(15-20)33-23(19-7-4-3-5-8-19)24(32)29-13-11-28(12-14-29)22(31)16-30-17-25-26-27-30/h3-10,15,17-18,23H,11-14,16H2,1-2H3. The van der Waals surface area contributed by atoms with E-state index in [4.69, 9.17) is 4.74 Å². The normalized spacial score (nSPS) is 14.9. The summed E-state index contributed by atoms with van der Waals surface area (Å²) in [6.45, 7) is 6.13. The van der Waals surface area contributed by atoms with Crippen LogP contribution in [0.3, 0.4) is 0 Å². The lowest BCUT2D eigenvalue weighted by atomic mass is 10.0. The number of amides is 2. The molecule has 2 heterocycles. The number of piperazine rings is 1. The second-order valence-corrected chi connectivity index (χ2v) is 8.35. The SMILES string of the molecule is CC(C)c1cccc(OC(C(=O)N2CCN(C(=O)Cn3cnnn3)CC2)c2ccccc2)c1. The average Bonchev–Trinajstić information content (AvgIpc) is 3.36. The number of carbonyl (C=O) groups is 2. The molecular formula is C24H28N6O3. The third kappa shape index (κ3) is 5.54. The Morgan fingerprint density at radius 1 is 0.939 bits per heavy atom. The number of aromatic nitrogens is 4. The van der Waals surface area contributed by atoms with Crippen LogP contribution in [0.2, 0.25) is 0 Å². The molecule has 0 N–H and O–H groups in total. The molecule has 0 radical (unpaired) electrons. The van der Waals surface area contributed by atoms with Crippen LogP contribution >= 0.6 is 0 Å². The van der Waals surface area contributed by atoms with Crippen LogP contribution in [0.15, 0.2) is 60.9 Å². The molecule has 172 valence electrons. The summed E-state index contributed by atoms with van der Waals surface area (Å²) < 4.78 is 7.65. The summed E-state index contributed by atoms with van der Waals surface area (Å²) in [6.07, 6.45) is 0.658. The maximum Gasteiger partial charge on any atom is 0.268 e. The van der Waals surface area contributed by atoms with Crippen molar-refractivity contribution in [3.63, 3.8) is 0 Å². The molecule has 0 aliphatic carbocycles. The van der Waals surface area contributed by atoms with Gasteiger partial charge in [-0.25, -0.2) is 4.68 Å². The van der Waals surface area contributed by atoms with E-state index in [9.17, 15) is 9.59 Å². The van der Waals surface area contributed by atoms with Gasteiger partial charge in [0.1, 0.15) is 18.6 Å². The molecule has 0 bridgehead atoms. The smallest absolute Gasteiger partial charge is 0.268 e. The first-order chi connectivity index (χ1) is 16.0. The van der Waals surface area contributed by atoms with E-state index >= 15 is 0 Å². The molecule has 1 atom stereocenters. The lowest BCUT2D eigenvalue weighted by Crippen LogP contribution is -2.52. The summed E-state index contributed by atoms with van der Waals surface area (Å²) in [7, 11) is 0. The molecule has 2 aromatic carbocycles. The van der Waals surface area contributed by atoms with Crippen LogP contribution in [0.5, 0.6) is 5.75 Å². The van der Waals surface area contributed by atoms with Crippen LogP contribution in [0, 0.1) is 0 Å². The topological polar surface area (TPSA) is 93.5 Å². The van der Waals surface area contributed by atoms with Crippen molar-refractivity contribution < 1.29 is 14.3 Å². The number of carbonyl (C=O) groups excluding carboxylic acids is 2. The van der Waals surface area contributed by atoms with E-state index in [0.717, 1.165) is 11.1 Å². The minimum Gasteiger partial charge on any atom is -0.476 e.